The van der Waals surface area contributed by atoms with Crippen molar-refractivity contribution >= 4 is 16.0 Å². The molecule has 3 heterocycles. The molecule has 1 N–H and O–H groups in total. The second-order valence-corrected chi connectivity index (χ2v) is 15.3. The number of carbonyl (C=O) groups is 1. The number of nitrogens with zero attached hydrogens (tertiary/aromatic N) is 3. The van der Waals surface area contributed by atoms with Crippen LogP contribution in [0.15, 0.2) is 97.1 Å². The van der Waals surface area contributed by atoms with Gasteiger partial charge >= 0.3 is 5.97 Å². The molecule has 0 radical (unpaired) electrons. The van der Waals surface area contributed by atoms with Crippen LogP contribution in [-0.2, 0) is 32.7 Å². The van der Waals surface area contributed by atoms with Gasteiger partial charge in [-0.1, -0.05) is 84.9 Å². The summed E-state index contributed by atoms with van der Waals surface area (Å²) < 4.78 is 39.2. The molecule has 9 nitrogen and oxygen atoms in total. The Morgan fingerprint density at radius 3 is 2.18 bits per heavy atom. The zero-order chi connectivity index (χ0) is 34.3. The van der Waals surface area contributed by atoms with Crippen LogP contribution in [0.25, 0.3) is 11.3 Å². The number of pyridine rings is 1. The monoisotopic (exact) mass is 683 g/mol. The van der Waals surface area contributed by atoms with E-state index >= 15 is 0 Å². The van der Waals surface area contributed by atoms with E-state index in [1.807, 2.05) is 78.9 Å². The molecule has 1 aromatic heterocycles. The third-order valence-corrected chi connectivity index (χ3v) is 12.5. The molecule has 2 aliphatic rings. The second kappa shape index (κ2) is 15.6. The molecule has 2 saturated heterocycles. The molecule has 0 aliphatic carbocycles. The van der Waals surface area contributed by atoms with Crippen molar-refractivity contribution in [1.29, 1.82) is 0 Å². The Kier molecular flexibility index (Phi) is 11.1. The van der Waals surface area contributed by atoms with Crippen LogP contribution in [0.1, 0.15) is 53.9 Å². The topological polar surface area (TPSA) is 109 Å². The number of piperidine rings is 2. The van der Waals surface area contributed by atoms with Crippen molar-refractivity contribution in [3.63, 3.8) is 0 Å². The van der Waals surface area contributed by atoms with Gasteiger partial charge in [-0.15, -0.1) is 0 Å². The number of rotatable bonds is 13. The fraction of sp³-hybridized carbons (Fsp3) is 0.385. The third kappa shape index (κ3) is 8.05. The molecule has 4 aromatic rings. The molecule has 3 aromatic carbocycles. The van der Waals surface area contributed by atoms with Gasteiger partial charge in [-0.2, -0.15) is 0 Å². The molecule has 49 heavy (non-hydrogen) atoms. The van der Waals surface area contributed by atoms with Crippen molar-refractivity contribution in [3.8, 4) is 17.1 Å². The molecular formula is C39H45N3O6S. The maximum atomic E-state index is 14.0. The fourth-order valence-corrected chi connectivity index (χ4v) is 9.12. The Balaban J connectivity index is 1.03. The molecule has 0 atom stereocenters. The second-order valence-electron chi connectivity index (χ2n) is 13.1. The minimum Gasteiger partial charge on any atom is -0.480 e. The summed E-state index contributed by atoms with van der Waals surface area (Å²) in [6.45, 7) is 5.61. The van der Waals surface area contributed by atoms with E-state index in [1.165, 1.54) is 4.31 Å². The highest BCUT2D eigenvalue weighted by molar-refractivity contribution is 7.91. The average Bonchev–Trinajstić information content (AvgIpc) is 3.12. The number of hydrogen-bond acceptors (Lipinski definition) is 7. The summed E-state index contributed by atoms with van der Waals surface area (Å²) in [4.78, 5) is 19.5. The molecule has 6 rings (SSSR count). The lowest BCUT2D eigenvalue weighted by molar-refractivity contribution is -0.141. The fourth-order valence-electron chi connectivity index (χ4n) is 7.02. The van der Waals surface area contributed by atoms with E-state index < -0.39 is 20.7 Å². The molecule has 0 bridgehead atoms. The van der Waals surface area contributed by atoms with E-state index in [0.717, 1.165) is 33.5 Å². The molecule has 0 spiro atoms. The summed E-state index contributed by atoms with van der Waals surface area (Å²) >= 11 is 0. The lowest BCUT2D eigenvalue weighted by atomic mass is 9.88. The summed E-state index contributed by atoms with van der Waals surface area (Å²) in [7, 11) is -4.05. The van der Waals surface area contributed by atoms with Crippen molar-refractivity contribution in [2.45, 2.75) is 56.4 Å². The van der Waals surface area contributed by atoms with Gasteiger partial charge in [-0.3, -0.25) is 9.69 Å². The smallest absolute Gasteiger partial charge is 0.326 e. The van der Waals surface area contributed by atoms with Gasteiger partial charge < -0.3 is 14.6 Å². The van der Waals surface area contributed by atoms with Crippen LogP contribution >= 0.6 is 0 Å². The Bertz CT molecular complexity index is 1800. The zero-order valence-electron chi connectivity index (χ0n) is 28.0. The first-order chi connectivity index (χ1) is 23.7. The van der Waals surface area contributed by atoms with Gasteiger partial charge in [0.25, 0.3) is 0 Å². The first kappa shape index (κ1) is 34.8. The van der Waals surface area contributed by atoms with Crippen LogP contribution in [-0.4, -0.2) is 77.8 Å². The number of hydrogen-bond donors (Lipinski definition) is 1. The Hall–Kier alpha value is -4.09. The summed E-state index contributed by atoms with van der Waals surface area (Å²) in [6.07, 6.45) is 1.45. The Labute approximate surface area is 289 Å². The first-order valence-electron chi connectivity index (χ1n) is 17.1. The number of aromatic nitrogens is 1. The van der Waals surface area contributed by atoms with Crippen LogP contribution < -0.4 is 4.74 Å². The highest BCUT2D eigenvalue weighted by Gasteiger charge is 2.55. The summed E-state index contributed by atoms with van der Waals surface area (Å²) in [6, 6.07) is 32.1. The number of ether oxygens (including phenoxy) is 2. The van der Waals surface area contributed by atoms with Gasteiger partial charge in [0, 0.05) is 44.4 Å². The quantitative estimate of drug-likeness (QED) is 0.164. The molecule has 2 fully saturated rings. The minimum atomic E-state index is -4.05. The maximum absolute atomic E-state index is 14.0. The van der Waals surface area contributed by atoms with Crippen molar-refractivity contribution in [1.82, 2.24) is 14.2 Å². The molecule has 0 saturated carbocycles. The number of benzene rings is 3. The Morgan fingerprint density at radius 2 is 1.53 bits per heavy atom. The number of likely N-dealkylation sites (tertiary alicyclic amines) is 1. The predicted octanol–water partition coefficient (Wildman–Crippen LogP) is 6.28. The van der Waals surface area contributed by atoms with Crippen molar-refractivity contribution in [2.24, 2.45) is 0 Å². The highest BCUT2D eigenvalue weighted by atomic mass is 32.2. The predicted molar refractivity (Wildman–Crippen MR) is 190 cm³/mol. The Morgan fingerprint density at radius 1 is 0.857 bits per heavy atom. The van der Waals surface area contributed by atoms with E-state index in [2.05, 4.69) is 30.0 Å². The molecule has 0 unspecified atom stereocenters. The lowest BCUT2D eigenvalue weighted by Gasteiger charge is -2.42. The number of aliphatic carboxylic acids is 1. The molecule has 258 valence electrons. The molecule has 2 aliphatic heterocycles. The van der Waals surface area contributed by atoms with Crippen LogP contribution in [0.5, 0.6) is 5.88 Å². The minimum absolute atomic E-state index is 0.0837. The highest BCUT2D eigenvalue weighted by Crippen LogP contribution is 2.38. The van der Waals surface area contributed by atoms with Crippen LogP contribution in [0.2, 0.25) is 0 Å². The van der Waals surface area contributed by atoms with Crippen LogP contribution in [0.3, 0.4) is 0 Å². The summed E-state index contributed by atoms with van der Waals surface area (Å²) in [5.41, 5.74) is 6.32. The number of carboxylic acid groups (broad SMARTS) is 1. The number of carboxylic acids is 1. The van der Waals surface area contributed by atoms with E-state index in [0.29, 0.717) is 71.3 Å². The van der Waals surface area contributed by atoms with Gasteiger partial charge in [0.15, 0.2) is 4.75 Å². The van der Waals surface area contributed by atoms with E-state index in [-0.39, 0.29) is 18.8 Å². The standard InChI is InChI=1S/C39H45N3O6S/c1-30-27-34(15-16-35(30)36-13-8-14-37(40-36)48-26-25-47-29-32-11-6-3-7-12-32)33-17-21-42(22-18-33)49(45,46)39(38(43)44)19-23-41(24-20-39)28-31-9-4-2-5-10-31/h2-16,27,33H,17-26,28-29H2,1H3,(H,43,44). The van der Waals surface area contributed by atoms with Gasteiger partial charge in [-0.05, 0) is 66.8 Å². The zero-order valence-corrected chi connectivity index (χ0v) is 28.9. The average molecular weight is 684 g/mol. The third-order valence-electron chi connectivity index (χ3n) is 9.90. The molecule has 10 heteroatoms. The van der Waals surface area contributed by atoms with E-state index in [4.69, 9.17) is 14.5 Å². The number of aryl methyl sites for hydroxylation is 1. The van der Waals surface area contributed by atoms with Gasteiger partial charge in [0.1, 0.15) is 6.61 Å². The number of sulfonamides is 1. The SMILES string of the molecule is Cc1cc(C2CCN(S(=O)(=O)C3(C(=O)O)CCN(Cc4ccccc4)CC3)CC2)ccc1-c1cccc(OCCOCc2ccccc2)n1. The maximum Gasteiger partial charge on any atom is 0.326 e. The van der Waals surface area contributed by atoms with Gasteiger partial charge in [0.2, 0.25) is 15.9 Å². The molecule has 0 amide bonds. The van der Waals surface area contributed by atoms with Crippen molar-refractivity contribution in [3.05, 3.63) is 119 Å². The first-order valence-corrected chi connectivity index (χ1v) is 18.5. The van der Waals surface area contributed by atoms with E-state index in [9.17, 15) is 18.3 Å². The summed E-state index contributed by atoms with van der Waals surface area (Å²) in [5.74, 6) is -0.509. The summed E-state index contributed by atoms with van der Waals surface area (Å²) in [5, 5.41) is 10.3. The van der Waals surface area contributed by atoms with Crippen molar-refractivity contribution in [2.75, 3.05) is 39.4 Å². The van der Waals surface area contributed by atoms with Crippen LogP contribution in [0, 0.1) is 6.92 Å². The van der Waals surface area contributed by atoms with Crippen molar-refractivity contribution < 1.29 is 27.8 Å². The lowest BCUT2D eigenvalue weighted by Crippen LogP contribution is -2.59. The normalized spacial score (nSPS) is 17.5. The molecular weight excluding hydrogens is 639 g/mol. The van der Waals surface area contributed by atoms with Gasteiger partial charge in [-0.25, -0.2) is 17.7 Å². The van der Waals surface area contributed by atoms with Crippen LogP contribution in [0.4, 0.5) is 0 Å². The largest absolute Gasteiger partial charge is 0.480 e. The van der Waals surface area contributed by atoms with Gasteiger partial charge in [0.05, 0.1) is 18.9 Å². The van der Waals surface area contributed by atoms with E-state index in [1.54, 1.807) is 0 Å².